The van der Waals surface area contributed by atoms with Gasteiger partial charge in [0.25, 0.3) is 0 Å². The molecule has 0 aliphatic heterocycles. The summed E-state index contributed by atoms with van der Waals surface area (Å²) in [4.78, 5) is 11.6. The molecule has 0 fully saturated rings. The molecule has 0 amide bonds. The van der Waals surface area contributed by atoms with Crippen LogP contribution in [0.25, 0.3) is 0 Å². The quantitative estimate of drug-likeness (QED) is 0.505. The summed E-state index contributed by atoms with van der Waals surface area (Å²) in [5.74, 6) is -1.03. The Bertz CT molecular complexity index is 90.4. The van der Waals surface area contributed by atoms with Gasteiger partial charge in [0.1, 0.15) is 6.04 Å². The molecular formula is C5H10NO2. The SMILES string of the molecule is C[C@@H](C([O])=O)N(C)C. The molecule has 0 aliphatic rings. The van der Waals surface area contributed by atoms with Crippen molar-refractivity contribution < 1.29 is 9.90 Å². The Morgan fingerprint density at radius 2 is 1.88 bits per heavy atom. The third kappa shape index (κ3) is 1.93. The third-order valence-electron chi connectivity index (χ3n) is 1.12. The summed E-state index contributed by atoms with van der Waals surface area (Å²) in [6.45, 7) is 1.58. The number of hydrogen-bond acceptors (Lipinski definition) is 2. The van der Waals surface area contributed by atoms with E-state index in [1.54, 1.807) is 25.9 Å². The number of carbonyl (C=O) groups is 1. The zero-order valence-electron chi connectivity index (χ0n) is 5.34. The minimum atomic E-state index is -1.03. The molecule has 1 radical (unpaired) electrons. The largest absolute Gasteiger partial charge is 0.372 e. The Morgan fingerprint density at radius 3 is 1.88 bits per heavy atom. The second-order valence-electron chi connectivity index (χ2n) is 1.96. The van der Waals surface area contributed by atoms with Crippen molar-refractivity contribution in [1.82, 2.24) is 4.90 Å². The molecule has 0 rings (SSSR count). The summed E-state index contributed by atoms with van der Waals surface area (Å²) in [5.41, 5.74) is 0. The van der Waals surface area contributed by atoms with Gasteiger partial charge in [-0.15, -0.1) is 0 Å². The van der Waals surface area contributed by atoms with Crippen molar-refractivity contribution in [2.24, 2.45) is 0 Å². The maximum atomic E-state index is 9.99. The first-order valence-electron chi connectivity index (χ1n) is 2.43. The standard InChI is InChI=1S/C5H10NO2/c1-4(5(7)8)6(2)3/h4H,1-3H3/t4-/m0/s1. The summed E-state index contributed by atoms with van der Waals surface area (Å²) in [6.07, 6.45) is 0. The van der Waals surface area contributed by atoms with E-state index in [1.165, 1.54) is 0 Å². The molecule has 0 unspecified atom stereocenters. The second-order valence-corrected chi connectivity index (χ2v) is 1.96. The number of likely N-dealkylation sites (N-methyl/N-ethyl adjacent to an activating group) is 1. The van der Waals surface area contributed by atoms with Crippen LogP contribution in [0.1, 0.15) is 6.92 Å². The predicted octanol–water partition coefficient (Wildman–Crippen LogP) is -0.106. The van der Waals surface area contributed by atoms with E-state index in [4.69, 9.17) is 0 Å². The fraction of sp³-hybridized carbons (Fsp3) is 0.800. The fourth-order valence-electron chi connectivity index (χ4n) is 0.211. The highest BCUT2D eigenvalue weighted by Crippen LogP contribution is 1.89. The van der Waals surface area contributed by atoms with Gasteiger partial charge in [-0.05, 0) is 21.0 Å². The summed E-state index contributed by atoms with van der Waals surface area (Å²) in [6, 6.07) is -0.491. The minimum Gasteiger partial charge on any atom is -0.297 e. The van der Waals surface area contributed by atoms with Crippen molar-refractivity contribution in [1.29, 1.82) is 0 Å². The van der Waals surface area contributed by atoms with Gasteiger partial charge in [0.2, 0.25) is 0 Å². The maximum absolute atomic E-state index is 9.99. The van der Waals surface area contributed by atoms with Gasteiger partial charge in [0.05, 0.1) is 0 Å². The van der Waals surface area contributed by atoms with E-state index in [9.17, 15) is 9.90 Å². The Balaban J connectivity index is 3.64. The molecule has 0 aliphatic carbocycles. The highest BCUT2D eigenvalue weighted by Gasteiger charge is 2.13. The molecule has 0 heterocycles. The van der Waals surface area contributed by atoms with Gasteiger partial charge in [0.15, 0.2) is 0 Å². The molecular weight excluding hydrogens is 106 g/mol. The van der Waals surface area contributed by atoms with E-state index in [0.717, 1.165) is 0 Å². The molecule has 0 aromatic rings. The fourth-order valence-corrected chi connectivity index (χ4v) is 0.211. The first kappa shape index (κ1) is 7.43. The number of nitrogens with zero attached hydrogens (tertiary/aromatic N) is 1. The van der Waals surface area contributed by atoms with Crippen LogP contribution in [0.4, 0.5) is 0 Å². The lowest BCUT2D eigenvalue weighted by atomic mass is 10.3. The second kappa shape index (κ2) is 2.67. The van der Waals surface area contributed by atoms with Crippen LogP contribution in [0, 0.1) is 0 Å². The molecule has 0 aromatic heterocycles. The summed E-state index contributed by atoms with van der Waals surface area (Å²) >= 11 is 0. The van der Waals surface area contributed by atoms with Gasteiger partial charge in [-0.1, -0.05) is 0 Å². The molecule has 0 saturated heterocycles. The van der Waals surface area contributed by atoms with Gasteiger partial charge in [-0.3, -0.25) is 4.90 Å². The Labute approximate surface area is 48.9 Å². The highest BCUT2D eigenvalue weighted by atomic mass is 16.4. The molecule has 0 saturated carbocycles. The summed E-state index contributed by atoms with van der Waals surface area (Å²) < 4.78 is 0. The normalized spacial score (nSPS) is 14.0. The van der Waals surface area contributed by atoms with E-state index < -0.39 is 12.0 Å². The van der Waals surface area contributed by atoms with Crippen molar-refractivity contribution >= 4 is 5.97 Å². The molecule has 1 atom stereocenters. The average molecular weight is 116 g/mol. The summed E-state index contributed by atoms with van der Waals surface area (Å²) in [5, 5.41) is 9.99. The van der Waals surface area contributed by atoms with Crippen LogP contribution < -0.4 is 0 Å². The lowest BCUT2D eigenvalue weighted by molar-refractivity contribution is -0.147. The number of hydrogen-bond donors (Lipinski definition) is 0. The van der Waals surface area contributed by atoms with Crippen LogP contribution in [0.2, 0.25) is 0 Å². The van der Waals surface area contributed by atoms with E-state index >= 15 is 0 Å². The Morgan fingerprint density at radius 1 is 1.50 bits per heavy atom. The smallest absolute Gasteiger partial charge is 0.297 e. The van der Waals surface area contributed by atoms with Crippen molar-refractivity contribution in [2.45, 2.75) is 13.0 Å². The predicted molar refractivity (Wildman–Crippen MR) is 28.8 cm³/mol. The van der Waals surface area contributed by atoms with Crippen molar-refractivity contribution in [2.75, 3.05) is 14.1 Å². The van der Waals surface area contributed by atoms with Crippen molar-refractivity contribution in [3.63, 3.8) is 0 Å². The van der Waals surface area contributed by atoms with E-state index in [-0.39, 0.29) is 0 Å². The van der Waals surface area contributed by atoms with Crippen molar-refractivity contribution in [3.8, 4) is 0 Å². The third-order valence-corrected chi connectivity index (χ3v) is 1.12. The van der Waals surface area contributed by atoms with Gasteiger partial charge < -0.3 is 0 Å². The zero-order chi connectivity index (χ0) is 6.73. The summed E-state index contributed by atoms with van der Waals surface area (Å²) in [7, 11) is 3.39. The molecule has 3 nitrogen and oxygen atoms in total. The first-order chi connectivity index (χ1) is 3.55. The average Bonchev–Trinajstić information content (AvgIpc) is 1.64. The van der Waals surface area contributed by atoms with Crippen LogP contribution in [0.15, 0.2) is 0 Å². The van der Waals surface area contributed by atoms with E-state index in [0.29, 0.717) is 0 Å². The Kier molecular flexibility index (Phi) is 2.48. The molecule has 3 heteroatoms. The van der Waals surface area contributed by atoms with Crippen molar-refractivity contribution in [3.05, 3.63) is 0 Å². The molecule has 0 spiro atoms. The van der Waals surface area contributed by atoms with Crippen LogP contribution in [-0.2, 0) is 9.90 Å². The monoisotopic (exact) mass is 116 g/mol. The maximum Gasteiger partial charge on any atom is 0.372 e. The van der Waals surface area contributed by atoms with E-state index in [1.807, 2.05) is 0 Å². The van der Waals surface area contributed by atoms with Crippen LogP contribution >= 0.6 is 0 Å². The minimum absolute atomic E-state index is 0.491. The molecule has 0 aromatic carbocycles. The molecule has 47 valence electrons. The molecule has 0 bridgehead atoms. The van der Waals surface area contributed by atoms with Gasteiger partial charge >= 0.3 is 5.97 Å². The topological polar surface area (TPSA) is 40.2 Å². The van der Waals surface area contributed by atoms with Gasteiger partial charge in [-0.25, -0.2) is 9.90 Å². The van der Waals surface area contributed by atoms with Gasteiger partial charge in [0, 0.05) is 0 Å². The molecule has 0 N–H and O–H groups in total. The van der Waals surface area contributed by atoms with Crippen LogP contribution in [0.5, 0.6) is 0 Å². The lowest BCUT2D eigenvalue weighted by Gasteiger charge is -2.12. The van der Waals surface area contributed by atoms with Gasteiger partial charge in [-0.2, -0.15) is 0 Å². The number of carbonyl (C=O) groups excluding carboxylic acids is 1. The van der Waals surface area contributed by atoms with Crippen LogP contribution in [-0.4, -0.2) is 31.0 Å². The van der Waals surface area contributed by atoms with E-state index in [2.05, 4.69) is 0 Å². The molecule has 8 heavy (non-hydrogen) atoms. The first-order valence-corrected chi connectivity index (χ1v) is 2.43. The Hall–Kier alpha value is -0.570. The highest BCUT2D eigenvalue weighted by molar-refractivity contribution is 5.72. The zero-order valence-corrected chi connectivity index (χ0v) is 5.34. The number of rotatable bonds is 2. The lowest BCUT2D eigenvalue weighted by Crippen LogP contribution is -2.31. The van der Waals surface area contributed by atoms with Crippen LogP contribution in [0.3, 0.4) is 0 Å².